The fourth-order valence-corrected chi connectivity index (χ4v) is 3.91. The summed E-state index contributed by atoms with van der Waals surface area (Å²) in [7, 11) is 0. The minimum atomic E-state index is -0.109. The zero-order valence-corrected chi connectivity index (χ0v) is 15.2. The van der Waals surface area contributed by atoms with Crippen molar-refractivity contribution in [1.82, 2.24) is 5.32 Å². The van der Waals surface area contributed by atoms with Gasteiger partial charge in [0.15, 0.2) is 5.78 Å². The third-order valence-corrected chi connectivity index (χ3v) is 5.11. The molecule has 0 fully saturated rings. The van der Waals surface area contributed by atoms with Gasteiger partial charge in [-0.05, 0) is 44.7 Å². The van der Waals surface area contributed by atoms with Crippen molar-refractivity contribution in [2.75, 3.05) is 5.32 Å². The molecule has 0 bridgehead atoms. The van der Waals surface area contributed by atoms with Crippen molar-refractivity contribution in [3.63, 3.8) is 0 Å². The minimum Gasteiger partial charge on any atom is -0.362 e. The van der Waals surface area contributed by atoms with E-state index in [2.05, 4.69) is 17.6 Å². The molecule has 1 heterocycles. The van der Waals surface area contributed by atoms with E-state index in [1.807, 2.05) is 38.1 Å². The molecule has 0 saturated carbocycles. The second kappa shape index (κ2) is 7.26. The standard InChI is InChI=1S/C21H26N2O2/c1-4-8-15-19(21(25)23-16-10-6-5-9-13(16)2)14(3)22-17-11-7-12-18(24)20(15)17/h5-6,9-10,15,22H,4,7-8,11-12H2,1-3H3,(H,23,25). The van der Waals surface area contributed by atoms with Gasteiger partial charge in [-0.2, -0.15) is 0 Å². The molecule has 1 aliphatic heterocycles. The molecule has 1 atom stereocenters. The van der Waals surface area contributed by atoms with E-state index in [0.717, 1.165) is 53.9 Å². The lowest BCUT2D eigenvalue weighted by Gasteiger charge is -2.34. The maximum absolute atomic E-state index is 13.1. The SMILES string of the molecule is CCCC1C(C(=O)Nc2ccccc2C)=C(C)NC2=C1C(=O)CCC2. The highest BCUT2D eigenvalue weighted by Crippen LogP contribution is 2.38. The molecule has 3 rings (SSSR count). The van der Waals surface area contributed by atoms with Crippen molar-refractivity contribution < 1.29 is 9.59 Å². The number of carbonyl (C=O) groups is 2. The van der Waals surface area contributed by atoms with Gasteiger partial charge >= 0.3 is 0 Å². The maximum Gasteiger partial charge on any atom is 0.253 e. The first-order valence-corrected chi connectivity index (χ1v) is 9.14. The number of dihydropyridines is 1. The lowest BCUT2D eigenvalue weighted by Crippen LogP contribution is -2.36. The third-order valence-electron chi connectivity index (χ3n) is 5.11. The van der Waals surface area contributed by atoms with Crippen LogP contribution in [-0.2, 0) is 9.59 Å². The molecule has 0 radical (unpaired) electrons. The molecule has 0 aromatic heterocycles. The van der Waals surface area contributed by atoms with Crippen molar-refractivity contribution >= 4 is 17.4 Å². The highest BCUT2D eigenvalue weighted by molar-refractivity contribution is 6.08. The van der Waals surface area contributed by atoms with Gasteiger partial charge in [0.2, 0.25) is 0 Å². The lowest BCUT2D eigenvalue weighted by molar-refractivity contribution is -0.116. The molecule has 1 unspecified atom stereocenters. The smallest absolute Gasteiger partial charge is 0.253 e. The Hall–Kier alpha value is -2.36. The largest absolute Gasteiger partial charge is 0.362 e. The molecule has 0 spiro atoms. The van der Waals surface area contributed by atoms with Gasteiger partial charge < -0.3 is 10.6 Å². The molecular formula is C21H26N2O2. The number of allylic oxidation sites excluding steroid dienone is 3. The van der Waals surface area contributed by atoms with Gasteiger partial charge in [-0.25, -0.2) is 0 Å². The minimum absolute atomic E-state index is 0.0990. The van der Waals surface area contributed by atoms with E-state index in [4.69, 9.17) is 0 Å². The fraction of sp³-hybridized carbons (Fsp3) is 0.429. The van der Waals surface area contributed by atoms with Gasteiger partial charge in [0.25, 0.3) is 5.91 Å². The lowest BCUT2D eigenvalue weighted by atomic mass is 9.76. The summed E-state index contributed by atoms with van der Waals surface area (Å²) in [5, 5.41) is 6.38. The van der Waals surface area contributed by atoms with Crippen LogP contribution in [0.2, 0.25) is 0 Å². The van der Waals surface area contributed by atoms with Gasteiger partial charge in [-0.1, -0.05) is 31.5 Å². The number of para-hydroxylation sites is 1. The van der Waals surface area contributed by atoms with Gasteiger partial charge in [-0.3, -0.25) is 9.59 Å². The van der Waals surface area contributed by atoms with Crippen LogP contribution in [0.4, 0.5) is 5.69 Å². The number of ketones is 1. The molecule has 4 heteroatoms. The zero-order valence-electron chi connectivity index (χ0n) is 15.2. The summed E-state index contributed by atoms with van der Waals surface area (Å²) < 4.78 is 0. The summed E-state index contributed by atoms with van der Waals surface area (Å²) in [5.41, 5.74) is 5.29. The number of hydrogen-bond acceptors (Lipinski definition) is 3. The Kier molecular flexibility index (Phi) is 5.07. The molecule has 2 N–H and O–H groups in total. The number of Topliss-reactive ketones (excluding diaryl/α,β-unsaturated/α-hetero) is 1. The van der Waals surface area contributed by atoms with E-state index in [0.29, 0.717) is 12.0 Å². The second-order valence-corrected chi connectivity index (χ2v) is 6.94. The Morgan fingerprint density at radius 2 is 2.00 bits per heavy atom. The summed E-state index contributed by atoms with van der Waals surface area (Å²) in [6, 6.07) is 7.75. The van der Waals surface area contributed by atoms with Crippen LogP contribution < -0.4 is 10.6 Å². The van der Waals surface area contributed by atoms with Crippen LogP contribution >= 0.6 is 0 Å². The summed E-state index contributed by atoms with van der Waals surface area (Å²) in [4.78, 5) is 25.6. The van der Waals surface area contributed by atoms with Gasteiger partial charge in [0, 0.05) is 40.6 Å². The molecular weight excluding hydrogens is 312 g/mol. The predicted octanol–water partition coefficient (Wildman–Crippen LogP) is 4.23. The Bertz CT molecular complexity index is 774. The van der Waals surface area contributed by atoms with Gasteiger partial charge in [-0.15, -0.1) is 0 Å². The first-order valence-electron chi connectivity index (χ1n) is 9.14. The van der Waals surface area contributed by atoms with Crippen LogP contribution in [0.15, 0.2) is 46.8 Å². The van der Waals surface area contributed by atoms with E-state index in [9.17, 15) is 9.59 Å². The monoisotopic (exact) mass is 338 g/mol. The first-order chi connectivity index (χ1) is 12.0. The Labute approximate surface area is 149 Å². The maximum atomic E-state index is 13.1. The third kappa shape index (κ3) is 3.39. The first kappa shape index (κ1) is 17.5. The summed E-state index contributed by atoms with van der Waals surface area (Å²) >= 11 is 0. The summed E-state index contributed by atoms with van der Waals surface area (Å²) in [5.74, 6) is -0.0124. The average molecular weight is 338 g/mol. The van der Waals surface area contributed by atoms with E-state index >= 15 is 0 Å². The van der Waals surface area contributed by atoms with E-state index in [1.54, 1.807) is 0 Å². The van der Waals surface area contributed by atoms with Crippen LogP contribution in [-0.4, -0.2) is 11.7 Å². The van der Waals surface area contributed by atoms with Crippen molar-refractivity contribution in [1.29, 1.82) is 0 Å². The summed E-state index contributed by atoms with van der Waals surface area (Å²) in [6.45, 7) is 6.02. The number of rotatable bonds is 4. The quantitative estimate of drug-likeness (QED) is 0.863. The van der Waals surface area contributed by atoms with Gasteiger partial charge in [0.1, 0.15) is 0 Å². The van der Waals surface area contributed by atoms with E-state index in [1.165, 1.54) is 0 Å². The van der Waals surface area contributed by atoms with Crippen LogP contribution in [0.1, 0.15) is 51.5 Å². The molecule has 1 aromatic rings. The van der Waals surface area contributed by atoms with Crippen LogP contribution in [0, 0.1) is 12.8 Å². The second-order valence-electron chi connectivity index (χ2n) is 6.94. The number of carbonyl (C=O) groups excluding carboxylic acids is 2. The number of anilines is 1. The van der Waals surface area contributed by atoms with Crippen LogP contribution in [0.5, 0.6) is 0 Å². The highest BCUT2D eigenvalue weighted by Gasteiger charge is 2.36. The molecule has 2 aliphatic rings. The molecule has 0 saturated heterocycles. The number of aryl methyl sites for hydroxylation is 1. The van der Waals surface area contributed by atoms with Crippen molar-refractivity contribution in [3.05, 3.63) is 52.4 Å². The Morgan fingerprint density at radius 3 is 2.72 bits per heavy atom. The molecule has 1 aromatic carbocycles. The number of amides is 1. The normalized spacial score (nSPS) is 20.3. The highest BCUT2D eigenvalue weighted by atomic mass is 16.2. The van der Waals surface area contributed by atoms with Crippen molar-refractivity contribution in [3.8, 4) is 0 Å². The van der Waals surface area contributed by atoms with E-state index < -0.39 is 0 Å². The molecule has 25 heavy (non-hydrogen) atoms. The zero-order chi connectivity index (χ0) is 18.0. The Morgan fingerprint density at radius 1 is 1.24 bits per heavy atom. The molecule has 1 amide bonds. The van der Waals surface area contributed by atoms with E-state index in [-0.39, 0.29) is 17.6 Å². The predicted molar refractivity (Wildman–Crippen MR) is 99.9 cm³/mol. The summed E-state index contributed by atoms with van der Waals surface area (Å²) in [6.07, 6.45) is 4.13. The average Bonchev–Trinajstić information content (AvgIpc) is 2.57. The van der Waals surface area contributed by atoms with Crippen molar-refractivity contribution in [2.24, 2.45) is 5.92 Å². The topological polar surface area (TPSA) is 58.2 Å². The van der Waals surface area contributed by atoms with Crippen LogP contribution in [0.25, 0.3) is 0 Å². The number of hydrogen-bond donors (Lipinski definition) is 2. The van der Waals surface area contributed by atoms with Gasteiger partial charge in [0.05, 0.1) is 0 Å². The number of nitrogens with one attached hydrogen (secondary N) is 2. The van der Waals surface area contributed by atoms with Crippen molar-refractivity contribution in [2.45, 2.75) is 52.9 Å². The number of benzene rings is 1. The fourth-order valence-electron chi connectivity index (χ4n) is 3.91. The molecule has 4 nitrogen and oxygen atoms in total. The molecule has 132 valence electrons. The molecule has 1 aliphatic carbocycles. The van der Waals surface area contributed by atoms with Crippen LogP contribution in [0.3, 0.4) is 0 Å². The Balaban J connectivity index is 1.94.